The predicted octanol–water partition coefficient (Wildman–Crippen LogP) is 3.06. The van der Waals surface area contributed by atoms with Gasteiger partial charge in [0.05, 0.1) is 5.60 Å². The number of aliphatic hydroxyl groups is 1. The van der Waals surface area contributed by atoms with Crippen LogP contribution in [0.3, 0.4) is 0 Å². The summed E-state index contributed by atoms with van der Waals surface area (Å²) in [5.74, 6) is 1.17. The van der Waals surface area contributed by atoms with Crippen molar-refractivity contribution in [2.75, 3.05) is 0 Å². The Morgan fingerprint density at radius 2 is 1.95 bits per heavy atom. The first-order chi connectivity index (χ1) is 8.85. The summed E-state index contributed by atoms with van der Waals surface area (Å²) in [4.78, 5) is 4.37. The summed E-state index contributed by atoms with van der Waals surface area (Å²) in [5, 5.41) is 13.7. The molecule has 2 rings (SSSR count). The lowest BCUT2D eigenvalue weighted by molar-refractivity contribution is 0.0689. The average molecular weight is 260 g/mol. The second kappa shape index (κ2) is 5.13. The van der Waals surface area contributed by atoms with E-state index in [1.54, 1.807) is 13.8 Å². The number of nitrogens with zero attached hydrogens (tertiary/aromatic N) is 2. The van der Waals surface area contributed by atoms with Gasteiger partial charge in [0, 0.05) is 12.0 Å². The van der Waals surface area contributed by atoms with Gasteiger partial charge in [0.2, 0.25) is 11.7 Å². The van der Waals surface area contributed by atoms with Crippen LogP contribution in [0.5, 0.6) is 0 Å². The van der Waals surface area contributed by atoms with Crippen molar-refractivity contribution in [3.63, 3.8) is 0 Å². The third-order valence-corrected chi connectivity index (χ3v) is 3.18. The number of hydrogen-bond acceptors (Lipinski definition) is 4. The van der Waals surface area contributed by atoms with Crippen LogP contribution in [0.15, 0.2) is 22.7 Å². The van der Waals surface area contributed by atoms with Crippen LogP contribution in [0, 0.1) is 13.8 Å². The van der Waals surface area contributed by atoms with Crippen molar-refractivity contribution in [3.05, 3.63) is 35.2 Å². The molecule has 0 aliphatic rings. The Kier molecular flexibility index (Phi) is 3.71. The smallest absolute Gasteiger partial charge is 0.227 e. The van der Waals surface area contributed by atoms with Crippen LogP contribution in [0.2, 0.25) is 0 Å². The van der Waals surface area contributed by atoms with Crippen LogP contribution >= 0.6 is 0 Å². The number of aromatic nitrogens is 2. The number of hydrogen-bond donors (Lipinski definition) is 1. The molecule has 0 saturated carbocycles. The maximum atomic E-state index is 9.68. The van der Waals surface area contributed by atoms with Crippen LogP contribution in [0.4, 0.5) is 0 Å². The zero-order valence-electron chi connectivity index (χ0n) is 11.9. The molecule has 1 aromatic carbocycles. The van der Waals surface area contributed by atoms with E-state index in [1.165, 1.54) is 11.1 Å². The fraction of sp³-hybridized carbons (Fsp3) is 0.467. The number of benzene rings is 1. The molecule has 4 nitrogen and oxygen atoms in total. The van der Waals surface area contributed by atoms with Crippen LogP contribution in [0.1, 0.15) is 37.3 Å². The first-order valence-corrected chi connectivity index (χ1v) is 6.48. The average Bonchev–Trinajstić information content (AvgIpc) is 2.78. The third-order valence-electron chi connectivity index (χ3n) is 3.18. The molecule has 0 saturated heterocycles. The summed E-state index contributed by atoms with van der Waals surface area (Å²) in [6.07, 6.45) is 1.18. The van der Waals surface area contributed by atoms with Gasteiger partial charge in [-0.1, -0.05) is 17.3 Å². The fourth-order valence-corrected chi connectivity index (χ4v) is 1.77. The molecule has 0 bridgehead atoms. The first kappa shape index (κ1) is 13.7. The van der Waals surface area contributed by atoms with Crippen molar-refractivity contribution >= 4 is 0 Å². The molecule has 1 heterocycles. The Hall–Kier alpha value is -1.68. The van der Waals surface area contributed by atoms with Gasteiger partial charge in [-0.25, -0.2) is 0 Å². The van der Waals surface area contributed by atoms with Crippen LogP contribution < -0.4 is 0 Å². The van der Waals surface area contributed by atoms with Gasteiger partial charge in [-0.15, -0.1) is 0 Å². The Bertz CT molecular complexity index is 568. The maximum absolute atomic E-state index is 9.68. The number of rotatable bonds is 4. The molecule has 0 fully saturated rings. The van der Waals surface area contributed by atoms with Gasteiger partial charge < -0.3 is 9.63 Å². The van der Waals surface area contributed by atoms with Crippen molar-refractivity contribution < 1.29 is 9.63 Å². The highest BCUT2D eigenvalue weighted by Gasteiger charge is 2.16. The third kappa shape index (κ3) is 3.64. The summed E-state index contributed by atoms with van der Waals surface area (Å²) in [5.41, 5.74) is 2.70. The van der Waals surface area contributed by atoms with E-state index in [9.17, 15) is 5.11 Å². The fourth-order valence-electron chi connectivity index (χ4n) is 1.77. The van der Waals surface area contributed by atoms with Crippen molar-refractivity contribution in [2.45, 2.75) is 46.1 Å². The molecule has 0 atom stereocenters. The molecule has 0 radical (unpaired) electrons. The minimum atomic E-state index is -0.713. The summed E-state index contributed by atoms with van der Waals surface area (Å²) in [6.45, 7) is 7.68. The molecular weight excluding hydrogens is 240 g/mol. The van der Waals surface area contributed by atoms with Gasteiger partial charge in [0.25, 0.3) is 0 Å². The van der Waals surface area contributed by atoms with Crippen LogP contribution in [-0.2, 0) is 6.42 Å². The zero-order chi connectivity index (χ0) is 14.0. The molecule has 2 aromatic rings. The van der Waals surface area contributed by atoms with E-state index in [-0.39, 0.29) is 0 Å². The molecule has 102 valence electrons. The molecule has 1 N–H and O–H groups in total. The van der Waals surface area contributed by atoms with E-state index in [0.29, 0.717) is 24.6 Å². The molecule has 0 unspecified atom stereocenters. The van der Waals surface area contributed by atoms with Crippen LogP contribution in [0.25, 0.3) is 11.4 Å². The standard InChI is InChI=1S/C15H20N2O2/c1-10-5-6-12(9-11(10)2)14-16-13(19-17-14)7-8-15(3,4)18/h5-6,9,18H,7-8H2,1-4H3. The van der Waals surface area contributed by atoms with Crippen molar-refractivity contribution in [3.8, 4) is 11.4 Å². The molecule has 19 heavy (non-hydrogen) atoms. The van der Waals surface area contributed by atoms with E-state index in [4.69, 9.17) is 4.52 Å². The summed E-state index contributed by atoms with van der Waals surface area (Å²) >= 11 is 0. The minimum absolute atomic E-state index is 0.565. The minimum Gasteiger partial charge on any atom is -0.390 e. The highest BCUT2D eigenvalue weighted by molar-refractivity contribution is 5.56. The van der Waals surface area contributed by atoms with E-state index in [1.807, 2.05) is 6.07 Å². The first-order valence-electron chi connectivity index (χ1n) is 6.48. The zero-order valence-corrected chi connectivity index (χ0v) is 11.9. The number of aryl methyl sites for hydroxylation is 3. The topological polar surface area (TPSA) is 59.2 Å². The quantitative estimate of drug-likeness (QED) is 0.917. The second-order valence-electron chi connectivity index (χ2n) is 5.62. The lowest BCUT2D eigenvalue weighted by Gasteiger charge is -2.14. The highest BCUT2D eigenvalue weighted by Crippen LogP contribution is 2.20. The van der Waals surface area contributed by atoms with Crippen molar-refractivity contribution in [2.24, 2.45) is 0 Å². The molecule has 0 amide bonds. The summed E-state index contributed by atoms with van der Waals surface area (Å²) < 4.78 is 5.21. The van der Waals surface area contributed by atoms with E-state index < -0.39 is 5.60 Å². The largest absolute Gasteiger partial charge is 0.390 e. The van der Waals surface area contributed by atoms with E-state index >= 15 is 0 Å². The van der Waals surface area contributed by atoms with Crippen LogP contribution in [-0.4, -0.2) is 20.8 Å². The van der Waals surface area contributed by atoms with Crippen molar-refractivity contribution in [1.82, 2.24) is 10.1 Å². The SMILES string of the molecule is Cc1ccc(-c2noc(CCC(C)(C)O)n2)cc1C. The Balaban J connectivity index is 2.14. The van der Waals surface area contributed by atoms with Gasteiger partial charge in [0.1, 0.15) is 0 Å². The monoisotopic (exact) mass is 260 g/mol. The Morgan fingerprint density at radius 3 is 2.58 bits per heavy atom. The van der Waals surface area contributed by atoms with E-state index in [2.05, 4.69) is 36.1 Å². The Morgan fingerprint density at radius 1 is 1.21 bits per heavy atom. The lowest BCUT2D eigenvalue weighted by atomic mass is 10.0. The van der Waals surface area contributed by atoms with Gasteiger partial charge >= 0.3 is 0 Å². The van der Waals surface area contributed by atoms with E-state index in [0.717, 1.165) is 5.56 Å². The molecule has 4 heteroatoms. The van der Waals surface area contributed by atoms with Gasteiger partial charge in [0.15, 0.2) is 0 Å². The highest BCUT2D eigenvalue weighted by atomic mass is 16.5. The second-order valence-corrected chi connectivity index (χ2v) is 5.62. The Labute approximate surface area is 113 Å². The van der Waals surface area contributed by atoms with Gasteiger partial charge in [-0.05, 0) is 51.3 Å². The lowest BCUT2D eigenvalue weighted by Crippen LogP contribution is -2.19. The summed E-state index contributed by atoms with van der Waals surface area (Å²) in [6, 6.07) is 6.10. The molecule has 0 spiro atoms. The molecule has 1 aromatic heterocycles. The summed E-state index contributed by atoms with van der Waals surface area (Å²) in [7, 11) is 0. The normalized spacial score (nSPS) is 11.8. The van der Waals surface area contributed by atoms with Gasteiger partial charge in [-0.2, -0.15) is 4.98 Å². The molecular formula is C15H20N2O2. The molecule has 0 aliphatic heterocycles. The maximum Gasteiger partial charge on any atom is 0.227 e. The van der Waals surface area contributed by atoms with Gasteiger partial charge in [-0.3, -0.25) is 0 Å². The molecule has 0 aliphatic carbocycles. The predicted molar refractivity (Wildman–Crippen MR) is 73.8 cm³/mol. The van der Waals surface area contributed by atoms with Crippen molar-refractivity contribution in [1.29, 1.82) is 0 Å².